The van der Waals surface area contributed by atoms with Crippen LogP contribution in [0.4, 0.5) is 0 Å². The van der Waals surface area contributed by atoms with Crippen molar-refractivity contribution in [2.45, 2.75) is 19.4 Å². The lowest BCUT2D eigenvalue weighted by Gasteiger charge is -2.00. The van der Waals surface area contributed by atoms with Crippen molar-refractivity contribution in [2.24, 2.45) is 0 Å². The summed E-state index contributed by atoms with van der Waals surface area (Å²) in [6.45, 7) is 1.75. The largest absolute Gasteiger partial charge is 0.376 e. The van der Waals surface area contributed by atoms with Crippen molar-refractivity contribution in [3.8, 4) is 24.7 Å². The number of hydrogen-bond donors (Lipinski definition) is 1. The zero-order valence-corrected chi connectivity index (χ0v) is 5.96. The SMILES string of the molecule is C#CC/C=C(\C)[C@@H](O)C#C. The molecule has 0 aromatic heterocycles. The quantitative estimate of drug-likeness (QED) is 0.440. The van der Waals surface area contributed by atoms with Gasteiger partial charge in [-0.05, 0) is 12.5 Å². The van der Waals surface area contributed by atoms with Crippen LogP contribution in [0, 0.1) is 24.7 Å². The predicted molar refractivity (Wildman–Crippen MR) is 42.0 cm³/mol. The van der Waals surface area contributed by atoms with Crippen LogP contribution in [-0.2, 0) is 0 Å². The molecule has 10 heavy (non-hydrogen) atoms. The minimum Gasteiger partial charge on any atom is -0.376 e. The fourth-order valence-electron chi connectivity index (χ4n) is 0.463. The van der Waals surface area contributed by atoms with Crippen molar-refractivity contribution in [3.05, 3.63) is 11.6 Å². The minimum atomic E-state index is -0.784. The lowest BCUT2D eigenvalue weighted by Crippen LogP contribution is -2.03. The molecule has 0 radical (unpaired) electrons. The molecule has 52 valence electrons. The highest BCUT2D eigenvalue weighted by Gasteiger charge is 1.98. The summed E-state index contributed by atoms with van der Waals surface area (Å²) in [4.78, 5) is 0. The van der Waals surface area contributed by atoms with Crippen molar-refractivity contribution in [3.63, 3.8) is 0 Å². The second kappa shape index (κ2) is 4.68. The van der Waals surface area contributed by atoms with Gasteiger partial charge in [0.2, 0.25) is 0 Å². The average molecular weight is 134 g/mol. The Morgan fingerprint density at radius 3 is 2.70 bits per heavy atom. The summed E-state index contributed by atoms with van der Waals surface area (Å²) in [6.07, 6.45) is 11.4. The van der Waals surface area contributed by atoms with Crippen molar-refractivity contribution >= 4 is 0 Å². The van der Waals surface area contributed by atoms with E-state index in [1.54, 1.807) is 13.0 Å². The smallest absolute Gasteiger partial charge is 0.135 e. The summed E-state index contributed by atoms with van der Waals surface area (Å²) < 4.78 is 0. The minimum absolute atomic E-state index is 0.518. The van der Waals surface area contributed by atoms with E-state index in [9.17, 15) is 0 Å². The van der Waals surface area contributed by atoms with Gasteiger partial charge in [0.15, 0.2) is 0 Å². The predicted octanol–water partition coefficient (Wildman–Crippen LogP) is 0.950. The van der Waals surface area contributed by atoms with Crippen molar-refractivity contribution in [1.29, 1.82) is 0 Å². The van der Waals surface area contributed by atoms with Crippen LogP contribution in [0.2, 0.25) is 0 Å². The molecule has 1 heteroatoms. The molecule has 1 N–H and O–H groups in total. The number of rotatable bonds is 2. The normalized spacial score (nSPS) is 13.4. The molecule has 0 fully saturated rings. The van der Waals surface area contributed by atoms with Gasteiger partial charge in [-0.2, -0.15) is 0 Å². The van der Waals surface area contributed by atoms with Crippen LogP contribution in [0.5, 0.6) is 0 Å². The van der Waals surface area contributed by atoms with Gasteiger partial charge in [0.05, 0.1) is 0 Å². The zero-order valence-electron chi connectivity index (χ0n) is 5.96. The van der Waals surface area contributed by atoms with E-state index in [4.69, 9.17) is 18.0 Å². The monoisotopic (exact) mass is 134 g/mol. The second-order valence-electron chi connectivity index (χ2n) is 1.93. The van der Waals surface area contributed by atoms with Crippen molar-refractivity contribution in [1.82, 2.24) is 0 Å². The van der Waals surface area contributed by atoms with Crippen molar-refractivity contribution < 1.29 is 5.11 Å². The number of hydrogen-bond acceptors (Lipinski definition) is 1. The van der Waals surface area contributed by atoms with Crippen molar-refractivity contribution in [2.75, 3.05) is 0 Å². The molecule has 0 aliphatic heterocycles. The number of terminal acetylenes is 2. The third-order valence-electron chi connectivity index (χ3n) is 1.13. The second-order valence-corrected chi connectivity index (χ2v) is 1.93. The first-order valence-corrected chi connectivity index (χ1v) is 2.96. The summed E-state index contributed by atoms with van der Waals surface area (Å²) in [5, 5.41) is 8.98. The molecule has 0 amide bonds. The average Bonchev–Trinajstić information content (AvgIpc) is 1.98. The summed E-state index contributed by atoms with van der Waals surface area (Å²) in [5.41, 5.74) is 0.737. The Morgan fingerprint density at radius 2 is 2.30 bits per heavy atom. The topological polar surface area (TPSA) is 20.2 Å². The van der Waals surface area contributed by atoms with Crippen LogP contribution in [-0.4, -0.2) is 11.2 Å². The molecule has 1 atom stereocenters. The van der Waals surface area contributed by atoms with Gasteiger partial charge in [0.25, 0.3) is 0 Å². The fraction of sp³-hybridized carbons (Fsp3) is 0.333. The molecule has 0 rings (SSSR count). The van der Waals surface area contributed by atoms with Crippen LogP contribution < -0.4 is 0 Å². The van der Waals surface area contributed by atoms with Gasteiger partial charge in [-0.1, -0.05) is 12.0 Å². The van der Waals surface area contributed by atoms with Gasteiger partial charge in [-0.3, -0.25) is 0 Å². The molecule has 0 saturated heterocycles. The van der Waals surface area contributed by atoms with Crippen LogP contribution >= 0.6 is 0 Å². The molecular formula is C9H10O. The third-order valence-corrected chi connectivity index (χ3v) is 1.13. The first kappa shape index (κ1) is 8.82. The molecule has 0 unspecified atom stereocenters. The van der Waals surface area contributed by atoms with E-state index in [2.05, 4.69) is 11.8 Å². The van der Waals surface area contributed by atoms with Gasteiger partial charge in [0.1, 0.15) is 6.10 Å². The van der Waals surface area contributed by atoms with E-state index in [1.165, 1.54) is 0 Å². The Bertz CT molecular complexity index is 200. The maximum atomic E-state index is 8.98. The Labute approximate surface area is 61.8 Å². The van der Waals surface area contributed by atoms with Crippen LogP contribution in [0.1, 0.15) is 13.3 Å². The van der Waals surface area contributed by atoms with Gasteiger partial charge >= 0.3 is 0 Å². The van der Waals surface area contributed by atoms with E-state index in [0.717, 1.165) is 5.57 Å². The van der Waals surface area contributed by atoms with E-state index < -0.39 is 6.10 Å². The number of allylic oxidation sites excluding steroid dienone is 1. The summed E-state index contributed by atoms with van der Waals surface area (Å²) in [7, 11) is 0. The maximum Gasteiger partial charge on any atom is 0.135 e. The summed E-state index contributed by atoms with van der Waals surface area (Å²) >= 11 is 0. The van der Waals surface area contributed by atoms with Crippen LogP contribution in [0.3, 0.4) is 0 Å². The number of aliphatic hydroxyl groups excluding tert-OH is 1. The zero-order chi connectivity index (χ0) is 7.98. The molecule has 0 aromatic carbocycles. The maximum absolute atomic E-state index is 8.98. The molecule has 0 saturated carbocycles. The van der Waals surface area contributed by atoms with E-state index in [1.807, 2.05) is 0 Å². The van der Waals surface area contributed by atoms with Gasteiger partial charge in [-0.15, -0.1) is 18.8 Å². The highest BCUT2D eigenvalue weighted by Crippen LogP contribution is 2.00. The molecule has 1 nitrogen and oxygen atoms in total. The lowest BCUT2D eigenvalue weighted by atomic mass is 10.1. The molecular weight excluding hydrogens is 124 g/mol. The molecule has 0 aliphatic rings. The molecule has 0 heterocycles. The Kier molecular flexibility index (Phi) is 4.12. The first-order chi connectivity index (χ1) is 4.72. The third kappa shape index (κ3) is 2.97. The summed E-state index contributed by atoms with van der Waals surface area (Å²) in [6, 6.07) is 0. The standard InChI is InChI=1S/C9H10O/c1-4-6-7-8(3)9(10)5-2/h1-2,7,9-10H,6H2,3H3/b8-7+/t9-/m0/s1. The number of aliphatic hydroxyl groups is 1. The fourth-order valence-corrected chi connectivity index (χ4v) is 0.463. The van der Waals surface area contributed by atoms with Gasteiger partial charge in [0, 0.05) is 6.42 Å². The molecule has 0 aromatic rings. The Morgan fingerprint density at radius 1 is 1.70 bits per heavy atom. The lowest BCUT2D eigenvalue weighted by molar-refractivity contribution is 0.268. The molecule has 0 bridgehead atoms. The molecule has 0 spiro atoms. The van der Waals surface area contributed by atoms with Gasteiger partial charge in [-0.25, -0.2) is 0 Å². The van der Waals surface area contributed by atoms with Crippen LogP contribution in [0.25, 0.3) is 0 Å². The van der Waals surface area contributed by atoms with E-state index in [0.29, 0.717) is 6.42 Å². The highest BCUT2D eigenvalue weighted by molar-refractivity contribution is 5.17. The van der Waals surface area contributed by atoms with E-state index in [-0.39, 0.29) is 0 Å². The first-order valence-electron chi connectivity index (χ1n) is 2.96. The Balaban J connectivity index is 3.98. The highest BCUT2D eigenvalue weighted by atomic mass is 16.3. The Hall–Kier alpha value is -1.18. The van der Waals surface area contributed by atoms with Crippen LogP contribution in [0.15, 0.2) is 11.6 Å². The van der Waals surface area contributed by atoms with Gasteiger partial charge < -0.3 is 5.11 Å². The van der Waals surface area contributed by atoms with E-state index >= 15 is 0 Å². The molecule has 0 aliphatic carbocycles. The summed E-state index contributed by atoms with van der Waals surface area (Å²) in [5.74, 6) is 4.61.